The van der Waals surface area contributed by atoms with E-state index in [0.29, 0.717) is 15.7 Å². The molecule has 1 amide bonds. The van der Waals surface area contributed by atoms with Crippen LogP contribution >= 0.6 is 23.2 Å². The van der Waals surface area contributed by atoms with Crippen LogP contribution in [0.5, 0.6) is 0 Å². The van der Waals surface area contributed by atoms with Gasteiger partial charge in [-0.15, -0.1) is 5.10 Å². The molecule has 116 valence electrons. The van der Waals surface area contributed by atoms with E-state index in [1.54, 1.807) is 18.2 Å². The highest BCUT2D eigenvalue weighted by molar-refractivity contribution is 6.36. The molecule has 1 unspecified atom stereocenters. The molecule has 0 fully saturated rings. The predicted octanol–water partition coefficient (Wildman–Crippen LogP) is 3.21. The van der Waals surface area contributed by atoms with Crippen molar-refractivity contribution >= 4 is 34.8 Å². The van der Waals surface area contributed by atoms with E-state index < -0.39 is 6.04 Å². The number of nitrogens with zero attached hydrogens (tertiary/aromatic N) is 4. The summed E-state index contributed by atoms with van der Waals surface area (Å²) < 4.78 is 1.38. The lowest BCUT2D eigenvalue weighted by Crippen LogP contribution is -2.27. The minimum absolute atomic E-state index is 0.312. The Labute approximate surface area is 142 Å². The average Bonchev–Trinajstić information content (AvgIpc) is 3.05. The molecule has 3 aromatic rings. The second kappa shape index (κ2) is 6.76. The van der Waals surface area contributed by atoms with Gasteiger partial charge in [-0.3, -0.25) is 4.79 Å². The van der Waals surface area contributed by atoms with Crippen molar-refractivity contribution in [3.05, 3.63) is 70.5 Å². The van der Waals surface area contributed by atoms with E-state index in [9.17, 15) is 4.79 Å². The Morgan fingerprint density at radius 1 is 1.13 bits per heavy atom. The fourth-order valence-corrected chi connectivity index (χ4v) is 2.59. The van der Waals surface area contributed by atoms with Crippen molar-refractivity contribution in [2.75, 3.05) is 5.32 Å². The number of nitrogens with one attached hydrogen (secondary N) is 1. The van der Waals surface area contributed by atoms with Crippen LogP contribution in [0, 0.1) is 0 Å². The lowest BCUT2D eigenvalue weighted by Gasteiger charge is -2.17. The van der Waals surface area contributed by atoms with Gasteiger partial charge in [-0.05, 0) is 34.2 Å². The number of tetrazole rings is 1. The zero-order valence-electron chi connectivity index (χ0n) is 11.7. The molecule has 2 aromatic carbocycles. The fourth-order valence-electron chi connectivity index (χ4n) is 2.14. The van der Waals surface area contributed by atoms with Crippen molar-refractivity contribution in [3.63, 3.8) is 0 Å². The summed E-state index contributed by atoms with van der Waals surface area (Å²) in [7, 11) is 0. The highest BCUT2D eigenvalue weighted by Crippen LogP contribution is 2.27. The van der Waals surface area contributed by atoms with Gasteiger partial charge in [0.2, 0.25) is 0 Å². The van der Waals surface area contributed by atoms with Crippen molar-refractivity contribution in [3.8, 4) is 0 Å². The first-order valence-corrected chi connectivity index (χ1v) is 7.44. The molecule has 8 heteroatoms. The minimum Gasteiger partial charge on any atom is -0.323 e. The summed E-state index contributed by atoms with van der Waals surface area (Å²) in [5.74, 6) is -0.312. The molecular weight excluding hydrogens is 337 g/mol. The van der Waals surface area contributed by atoms with E-state index >= 15 is 0 Å². The van der Waals surface area contributed by atoms with Crippen LogP contribution in [-0.4, -0.2) is 26.1 Å². The maximum atomic E-state index is 12.7. The van der Waals surface area contributed by atoms with Crippen LogP contribution in [0.4, 0.5) is 5.69 Å². The highest BCUT2D eigenvalue weighted by Gasteiger charge is 2.24. The zero-order valence-corrected chi connectivity index (χ0v) is 13.2. The molecule has 6 nitrogen and oxygen atoms in total. The number of rotatable bonds is 4. The van der Waals surface area contributed by atoms with Gasteiger partial charge >= 0.3 is 0 Å². The summed E-state index contributed by atoms with van der Waals surface area (Å²) in [6.07, 6.45) is 1.39. The van der Waals surface area contributed by atoms with Crippen LogP contribution in [-0.2, 0) is 4.79 Å². The molecule has 23 heavy (non-hydrogen) atoms. The van der Waals surface area contributed by atoms with Gasteiger partial charge in [0.1, 0.15) is 6.33 Å². The maximum absolute atomic E-state index is 12.7. The third kappa shape index (κ3) is 3.49. The van der Waals surface area contributed by atoms with Gasteiger partial charge < -0.3 is 5.32 Å². The first kappa shape index (κ1) is 15.5. The minimum atomic E-state index is -0.710. The number of aromatic nitrogens is 4. The van der Waals surface area contributed by atoms with E-state index in [4.69, 9.17) is 23.2 Å². The molecular formula is C15H11Cl2N5O. The SMILES string of the molecule is O=C(Nc1ccc(Cl)cc1Cl)C(c1ccccc1)n1cnnn1. The number of carbonyl (C=O) groups is 1. The lowest BCUT2D eigenvalue weighted by molar-refractivity contribution is -0.118. The predicted molar refractivity (Wildman–Crippen MR) is 87.5 cm³/mol. The first-order valence-electron chi connectivity index (χ1n) is 6.68. The summed E-state index contributed by atoms with van der Waals surface area (Å²) in [4.78, 5) is 12.7. The van der Waals surface area contributed by atoms with Crippen molar-refractivity contribution in [1.29, 1.82) is 0 Å². The van der Waals surface area contributed by atoms with Crippen LogP contribution in [0.15, 0.2) is 54.9 Å². The zero-order chi connectivity index (χ0) is 16.2. The van der Waals surface area contributed by atoms with Crippen LogP contribution in [0.3, 0.4) is 0 Å². The van der Waals surface area contributed by atoms with Gasteiger partial charge in [0, 0.05) is 5.02 Å². The van der Waals surface area contributed by atoms with Crippen LogP contribution in [0.1, 0.15) is 11.6 Å². The maximum Gasteiger partial charge on any atom is 0.254 e. The molecule has 1 N–H and O–H groups in total. The van der Waals surface area contributed by atoms with Crippen molar-refractivity contribution in [2.24, 2.45) is 0 Å². The van der Waals surface area contributed by atoms with E-state index in [2.05, 4.69) is 20.8 Å². The van der Waals surface area contributed by atoms with Gasteiger partial charge in [-0.25, -0.2) is 4.68 Å². The molecule has 1 aromatic heterocycles. The van der Waals surface area contributed by atoms with Crippen LogP contribution < -0.4 is 5.32 Å². The normalized spacial score (nSPS) is 11.9. The second-order valence-electron chi connectivity index (χ2n) is 4.72. The van der Waals surface area contributed by atoms with E-state index in [1.165, 1.54) is 11.0 Å². The molecule has 3 rings (SSSR count). The molecule has 1 atom stereocenters. The Hall–Kier alpha value is -2.44. The molecule has 1 heterocycles. The summed E-state index contributed by atoms with van der Waals surface area (Å²) in [6, 6.07) is 13.4. The first-order chi connectivity index (χ1) is 11.1. The average molecular weight is 348 g/mol. The van der Waals surface area contributed by atoms with Crippen molar-refractivity contribution in [1.82, 2.24) is 20.2 Å². The molecule has 0 radical (unpaired) electrons. The summed E-state index contributed by atoms with van der Waals surface area (Å²) in [5, 5.41) is 14.7. The van der Waals surface area contributed by atoms with Crippen LogP contribution in [0.2, 0.25) is 10.0 Å². The third-order valence-electron chi connectivity index (χ3n) is 3.18. The Morgan fingerprint density at radius 2 is 1.91 bits per heavy atom. The van der Waals surface area contributed by atoms with E-state index in [1.807, 2.05) is 30.3 Å². The Kier molecular flexibility index (Phi) is 4.55. The molecule has 0 saturated heterocycles. The van der Waals surface area contributed by atoms with E-state index in [0.717, 1.165) is 5.56 Å². The number of hydrogen-bond acceptors (Lipinski definition) is 4. The topological polar surface area (TPSA) is 72.7 Å². The molecule has 0 aliphatic rings. The largest absolute Gasteiger partial charge is 0.323 e. The summed E-state index contributed by atoms with van der Waals surface area (Å²) >= 11 is 12.0. The van der Waals surface area contributed by atoms with Crippen LogP contribution in [0.25, 0.3) is 0 Å². The van der Waals surface area contributed by atoms with Gasteiger partial charge in [0.15, 0.2) is 6.04 Å². The number of carbonyl (C=O) groups excluding carboxylic acids is 1. The summed E-state index contributed by atoms with van der Waals surface area (Å²) in [6.45, 7) is 0. The second-order valence-corrected chi connectivity index (χ2v) is 5.56. The smallest absolute Gasteiger partial charge is 0.254 e. The van der Waals surface area contributed by atoms with Crippen molar-refractivity contribution < 1.29 is 4.79 Å². The fraction of sp³-hybridized carbons (Fsp3) is 0.0667. The van der Waals surface area contributed by atoms with Crippen molar-refractivity contribution in [2.45, 2.75) is 6.04 Å². The number of anilines is 1. The number of amides is 1. The molecule has 0 saturated carbocycles. The standard InChI is InChI=1S/C15H11Cl2N5O/c16-11-6-7-13(12(17)8-11)19-15(23)14(22-9-18-20-21-22)10-4-2-1-3-5-10/h1-9,14H,(H,19,23). The number of hydrogen-bond donors (Lipinski definition) is 1. The molecule has 0 aliphatic carbocycles. The third-order valence-corrected chi connectivity index (χ3v) is 3.73. The van der Waals surface area contributed by atoms with Gasteiger partial charge in [-0.2, -0.15) is 0 Å². The lowest BCUT2D eigenvalue weighted by atomic mass is 10.1. The van der Waals surface area contributed by atoms with Gasteiger partial charge in [-0.1, -0.05) is 53.5 Å². The highest BCUT2D eigenvalue weighted by atomic mass is 35.5. The Balaban J connectivity index is 1.92. The van der Waals surface area contributed by atoms with E-state index in [-0.39, 0.29) is 5.91 Å². The Bertz CT molecular complexity index is 808. The monoisotopic (exact) mass is 347 g/mol. The molecule has 0 spiro atoms. The molecule has 0 bridgehead atoms. The van der Waals surface area contributed by atoms with Gasteiger partial charge in [0.05, 0.1) is 10.7 Å². The molecule has 0 aliphatic heterocycles. The Morgan fingerprint density at radius 3 is 2.57 bits per heavy atom. The number of halogens is 2. The quantitative estimate of drug-likeness (QED) is 0.786. The summed E-state index contributed by atoms with van der Waals surface area (Å²) in [5.41, 5.74) is 1.22. The number of benzene rings is 2. The van der Waals surface area contributed by atoms with Gasteiger partial charge in [0.25, 0.3) is 5.91 Å².